The van der Waals surface area contributed by atoms with Gasteiger partial charge >= 0.3 is 0 Å². The maximum atomic E-state index is 13.6. The predicted octanol–water partition coefficient (Wildman–Crippen LogP) is 7.99. The standard InChI is InChI=1S/C39H42N6O3/c1-4-21-44-22-24-45(25-23-44)32-15-13-31(14-16-32)41-39-40-26-35(37(46)42-36-28(2)9-8-10-29(36)3)38(43-39)48-34-19-17-33(18-20-34)47-27-30-11-6-5-7-12-30/h5-20,26H,4,21-25,27H2,1-3H3,(H,42,46)(H,40,41,43). The number of nitrogens with one attached hydrogen (secondary N) is 2. The second-order valence-electron chi connectivity index (χ2n) is 12.0. The Morgan fingerprint density at radius 1 is 0.812 bits per heavy atom. The minimum Gasteiger partial charge on any atom is -0.489 e. The Labute approximate surface area is 282 Å². The van der Waals surface area contributed by atoms with Crippen molar-refractivity contribution in [2.45, 2.75) is 33.8 Å². The molecule has 2 N–H and O–H groups in total. The Kier molecular flexibility index (Phi) is 10.5. The van der Waals surface area contributed by atoms with E-state index in [0.717, 1.165) is 60.8 Å². The number of rotatable bonds is 12. The van der Waals surface area contributed by atoms with Crippen LogP contribution in [0.4, 0.5) is 23.0 Å². The van der Waals surface area contributed by atoms with Gasteiger partial charge in [0.1, 0.15) is 23.7 Å². The van der Waals surface area contributed by atoms with Gasteiger partial charge in [0.25, 0.3) is 5.91 Å². The van der Waals surface area contributed by atoms with Crippen molar-refractivity contribution in [3.63, 3.8) is 0 Å². The summed E-state index contributed by atoms with van der Waals surface area (Å²) in [6.45, 7) is 12.0. The number of aryl methyl sites for hydroxylation is 2. The van der Waals surface area contributed by atoms with Crippen molar-refractivity contribution in [2.75, 3.05) is 48.3 Å². The van der Waals surface area contributed by atoms with E-state index < -0.39 is 0 Å². The fourth-order valence-electron chi connectivity index (χ4n) is 5.74. The second kappa shape index (κ2) is 15.5. The third kappa shape index (κ3) is 8.29. The summed E-state index contributed by atoms with van der Waals surface area (Å²) in [6, 6.07) is 31.4. The third-order valence-corrected chi connectivity index (χ3v) is 8.41. The maximum absolute atomic E-state index is 13.6. The van der Waals surface area contributed by atoms with Crippen molar-refractivity contribution >= 4 is 28.9 Å². The number of amides is 1. The summed E-state index contributed by atoms with van der Waals surface area (Å²) in [5, 5.41) is 6.31. The van der Waals surface area contributed by atoms with Crippen LogP contribution in [0, 0.1) is 13.8 Å². The van der Waals surface area contributed by atoms with E-state index in [1.807, 2.05) is 86.6 Å². The Morgan fingerprint density at radius 3 is 2.19 bits per heavy atom. The Hall–Kier alpha value is -5.41. The molecule has 0 aliphatic carbocycles. The average Bonchev–Trinajstić information content (AvgIpc) is 3.11. The van der Waals surface area contributed by atoms with Crippen molar-refractivity contribution < 1.29 is 14.3 Å². The Morgan fingerprint density at radius 2 is 1.50 bits per heavy atom. The van der Waals surface area contributed by atoms with Gasteiger partial charge in [0.2, 0.25) is 11.8 Å². The van der Waals surface area contributed by atoms with Gasteiger partial charge in [-0.1, -0.05) is 55.5 Å². The molecule has 2 heterocycles. The van der Waals surface area contributed by atoms with Crippen molar-refractivity contribution in [1.82, 2.24) is 14.9 Å². The molecule has 0 radical (unpaired) electrons. The summed E-state index contributed by atoms with van der Waals surface area (Å²) in [5.74, 6) is 1.31. The van der Waals surface area contributed by atoms with E-state index in [1.54, 1.807) is 12.1 Å². The van der Waals surface area contributed by atoms with E-state index in [1.165, 1.54) is 18.3 Å². The number of nitrogens with zero attached hydrogens (tertiary/aromatic N) is 4. The van der Waals surface area contributed by atoms with E-state index in [2.05, 4.69) is 49.5 Å². The van der Waals surface area contributed by atoms with E-state index in [4.69, 9.17) is 9.47 Å². The fourth-order valence-corrected chi connectivity index (χ4v) is 5.74. The van der Waals surface area contributed by atoms with Crippen LogP contribution in [-0.2, 0) is 6.61 Å². The number of benzene rings is 4. The summed E-state index contributed by atoms with van der Waals surface area (Å²) in [4.78, 5) is 27.7. The van der Waals surface area contributed by atoms with E-state index in [9.17, 15) is 4.79 Å². The smallest absolute Gasteiger partial charge is 0.262 e. The monoisotopic (exact) mass is 642 g/mol. The molecule has 1 aliphatic heterocycles. The molecule has 4 aromatic carbocycles. The van der Waals surface area contributed by atoms with Gasteiger partial charge in [0.05, 0.1) is 0 Å². The lowest BCUT2D eigenvalue weighted by Gasteiger charge is -2.36. The van der Waals surface area contributed by atoms with Gasteiger partial charge in [-0.15, -0.1) is 0 Å². The van der Waals surface area contributed by atoms with Crippen molar-refractivity contribution in [1.29, 1.82) is 0 Å². The molecule has 1 amide bonds. The van der Waals surface area contributed by atoms with Crippen molar-refractivity contribution in [2.24, 2.45) is 0 Å². The Bertz CT molecular complexity index is 1780. The van der Waals surface area contributed by atoms with Crippen LogP contribution < -0.4 is 25.0 Å². The summed E-state index contributed by atoms with van der Waals surface area (Å²) in [5.41, 5.74) is 5.99. The molecule has 246 valence electrons. The van der Waals surface area contributed by atoms with Crippen molar-refractivity contribution in [3.8, 4) is 17.4 Å². The zero-order valence-electron chi connectivity index (χ0n) is 27.8. The number of para-hydroxylation sites is 1. The zero-order valence-corrected chi connectivity index (χ0v) is 27.8. The third-order valence-electron chi connectivity index (χ3n) is 8.41. The number of hydrogen-bond donors (Lipinski definition) is 2. The topological polar surface area (TPSA) is 91.9 Å². The van der Waals surface area contributed by atoms with Gasteiger partial charge in [-0.25, -0.2) is 4.98 Å². The molecule has 9 heteroatoms. The number of ether oxygens (including phenoxy) is 2. The van der Waals surface area contributed by atoms with E-state index in [0.29, 0.717) is 24.1 Å². The lowest BCUT2D eigenvalue weighted by atomic mass is 10.1. The van der Waals surface area contributed by atoms with Gasteiger partial charge in [0, 0.05) is 49.4 Å². The number of piperazine rings is 1. The molecule has 6 rings (SSSR count). The van der Waals surface area contributed by atoms with Crippen LogP contribution in [-0.4, -0.2) is 53.5 Å². The van der Waals surface area contributed by atoms with Gasteiger partial charge in [-0.05, 0) is 92.0 Å². The first kappa shape index (κ1) is 32.5. The lowest BCUT2D eigenvalue weighted by molar-refractivity contribution is 0.102. The highest BCUT2D eigenvalue weighted by atomic mass is 16.5. The quantitative estimate of drug-likeness (QED) is 0.142. The van der Waals surface area contributed by atoms with Crippen LogP contribution in [0.5, 0.6) is 17.4 Å². The Balaban J connectivity index is 1.19. The fraction of sp³-hybridized carbons (Fsp3) is 0.256. The van der Waals surface area contributed by atoms with Crippen LogP contribution >= 0.6 is 0 Å². The molecule has 0 unspecified atom stereocenters. The average molecular weight is 643 g/mol. The molecule has 1 fully saturated rings. The molecule has 0 bridgehead atoms. The van der Waals surface area contributed by atoms with Gasteiger partial charge in [0.15, 0.2) is 0 Å². The first-order valence-corrected chi connectivity index (χ1v) is 16.5. The normalized spacial score (nSPS) is 13.2. The summed E-state index contributed by atoms with van der Waals surface area (Å²) in [6.07, 6.45) is 2.68. The number of carbonyl (C=O) groups is 1. The van der Waals surface area contributed by atoms with Crippen LogP contribution in [0.25, 0.3) is 0 Å². The largest absolute Gasteiger partial charge is 0.489 e. The van der Waals surface area contributed by atoms with Crippen LogP contribution in [0.3, 0.4) is 0 Å². The lowest BCUT2D eigenvalue weighted by Crippen LogP contribution is -2.46. The zero-order chi connectivity index (χ0) is 33.3. The highest BCUT2D eigenvalue weighted by molar-refractivity contribution is 6.06. The molecule has 0 spiro atoms. The first-order valence-electron chi connectivity index (χ1n) is 16.5. The van der Waals surface area contributed by atoms with Crippen LogP contribution in [0.15, 0.2) is 103 Å². The first-order chi connectivity index (χ1) is 23.4. The summed E-state index contributed by atoms with van der Waals surface area (Å²) in [7, 11) is 0. The number of hydrogen-bond acceptors (Lipinski definition) is 8. The molecule has 9 nitrogen and oxygen atoms in total. The SMILES string of the molecule is CCCN1CCN(c2ccc(Nc3ncc(C(=O)Nc4c(C)cccc4C)c(Oc4ccc(OCc5ccccc5)cc4)n3)cc2)CC1. The molecular formula is C39H42N6O3. The molecule has 1 aliphatic rings. The molecule has 0 saturated carbocycles. The molecule has 1 aromatic heterocycles. The second-order valence-corrected chi connectivity index (χ2v) is 12.0. The highest BCUT2D eigenvalue weighted by Gasteiger charge is 2.20. The summed E-state index contributed by atoms with van der Waals surface area (Å²) >= 11 is 0. The van der Waals surface area contributed by atoms with Gasteiger partial charge in [-0.3, -0.25) is 9.69 Å². The van der Waals surface area contributed by atoms with E-state index >= 15 is 0 Å². The maximum Gasteiger partial charge on any atom is 0.262 e. The summed E-state index contributed by atoms with van der Waals surface area (Å²) < 4.78 is 12.2. The van der Waals surface area contributed by atoms with Gasteiger partial charge < -0.3 is 25.0 Å². The van der Waals surface area contributed by atoms with E-state index in [-0.39, 0.29) is 17.4 Å². The van der Waals surface area contributed by atoms with Crippen molar-refractivity contribution in [3.05, 3.63) is 126 Å². The minimum absolute atomic E-state index is 0.135. The molecule has 1 saturated heterocycles. The number of anilines is 4. The minimum atomic E-state index is -0.361. The predicted molar refractivity (Wildman–Crippen MR) is 192 cm³/mol. The molecule has 48 heavy (non-hydrogen) atoms. The molecular weight excluding hydrogens is 600 g/mol. The van der Waals surface area contributed by atoms with Crippen LogP contribution in [0.2, 0.25) is 0 Å². The number of carbonyl (C=O) groups excluding carboxylic acids is 1. The van der Waals surface area contributed by atoms with Gasteiger partial charge in [-0.2, -0.15) is 4.98 Å². The molecule has 5 aromatic rings. The number of aromatic nitrogens is 2. The molecule has 0 atom stereocenters. The highest BCUT2D eigenvalue weighted by Crippen LogP contribution is 2.29. The van der Waals surface area contributed by atoms with Crippen LogP contribution in [0.1, 0.15) is 40.4 Å².